The van der Waals surface area contributed by atoms with Gasteiger partial charge in [0, 0.05) is 17.7 Å². The fraction of sp³-hybridized carbons (Fsp3) is 0.214. The molecule has 0 bridgehead atoms. The van der Waals surface area contributed by atoms with Crippen LogP contribution in [0.4, 0.5) is 27.6 Å². The molecule has 1 aliphatic rings. The molecule has 0 spiro atoms. The lowest BCUT2D eigenvalue weighted by molar-refractivity contribution is -0.252. The lowest BCUT2D eigenvalue weighted by Gasteiger charge is -2.36. The Morgan fingerprint density at radius 3 is 2.24 bits per heavy atom. The van der Waals surface area contributed by atoms with E-state index >= 15 is 0 Å². The third-order valence-corrected chi connectivity index (χ3v) is 7.37. The molecule has 42 heavy (non-hydrogen) atoms. The van der Waals surface area contributed by atoms with E-state index in [-0.39, 0.29) is 29.1 Å². The van der Waals surface area contributed by atoms with Gasteiger partial charge in [0.25, 0.3) is 5.91 Å². The number of halogens is 7. The maximum Gasteiger partial charge on any atom is 0.261 e. The van der Waals surface area contributed by atoms with Gasteiger partial charge in [-0.05, 0) is 23.3 Å². The van der Waals surface area contributed by atoms with Crippen LogP contribution in [-0.2, 0) is 22.6 Å². The van der Waals surface area contributed by atoms with E-state index in [0.29, 0.717) is 17.5 Å². The van der Waals surface area contributed by atoms with Gasteiger partial charge in [-0.1, -0.05) is 59.6 Å². The number of hydrogen-bond donors (Lipinski definition) is 2. The normalized spacial score (nSPS) is 18.7. The monoisotopic (exact) mass is 627 g/mol. The van der Waals surface area contributed by atoms with Gasteiger partial charge in [0.05, 0.1) is 31.7 Å². The number of benzene rings is 3. The fourth-order valence-electron chi connectivity index (χ4n) is 4.48. The predicted molar refractivity (Wildman–Crippen MR) is 141 cm³/mol. The molecule has 1 fully saturated rings. The average molecular weight is 628 g/mol. The number of anilines is 1. The molecule has 0 aliphatic carbocycles. The number of aliphatic hydroxyl groups is 1. The molecule has 1 amide bonds. The van der Waals surface area contributed by atoms with Crippen molar-refractivity contribution in [3.8, 4) is 0 Å². The van der Waals surface area contributed by atoms with Crippen LogP contribution in [0, 0.1) is 29.1 Å². The average Bonchev–Trinajstić information content (AvgIpc) is 3.31. The van der Waals surface area contributed by atoms with Crippen LogP contribution in [0.2, 0.25) is 10.3 Å². The number of amides is 1. The van der Waals surface area contributed by atoms with E-state index in [2.05, 4.69) is 10.3 Å². The van der Waals surface area contributed by atoms with Crippen molar-refractivity contribution in [1.82, 2.24) is 9.55 Å². The minimum atomic E-state index is -2.37. The van der Waals surface area contributed by atoms with Crippen LogP contribution in [0.15, 0.2) is 54.9 Å². The zero-order chi connectivity index (χ0) is 30.1. The zero-order valence-corrected chi connectivity index (χ0v) is 22.8. The Kier molecular flexibility index (Phi) is 8.81. The first kappa shape index (κ1) is 29.9. The van der Waals surface area contributed by atoms with Crippen molar-refractivity contribution < 1.29 is 41.3 Å². The highest BCUT2D eigenvalue weighted by atomic mass is 35.5. The number of carbonyl (C=O) groups is 1. The molecule has 2 heterocycles. The standard InChI is InChI=1S/C28H20Cl2F5N3O4/c29-25-26(30)38(12-36-25)10-17-9-18(14-6-4-13(11-39)5-7-14)42-28(41-17)15-2-1-3-16(8-15)37-27(40)19-20(31)22(33)24(35)23(34)21(19)32/h1-8,12,17-18,28,39H,9-11H2,(H,37,40). The number of aliphatic hydroxyl groups excluding tert-OH is 1. The highest BCUT2D eigenvalue weighted by molar-refractivity contribution is 6.40. The smallest absolute Gasteiger partial charge is 0.261 e. The molecule has 0 radical (unpaired) electrons. The minimum Gasteiger partial charge on any atom is -0.392 e. The molecule has 3 aromatic carbocycles. The Balaban J connectivity index is 1.42. The largest absolute Gasteiger partial charge is 0.392 e. The highest BCUT2D eigenvalue weighted by Gasteiger charge is 2.34. The van der Waals surface area contributed by atoms with Gasteiger partial charge in [-0.2, -0.15) is 0 Å². The Morgan fingerprint density at radius 1 is 0.952 bits per heavy atom. The van der Waals surface area contributed by atoms with E-state index in [4.69, 9.17) is 32.7 Å². The number of rotatable bonds is 7. The lowest BCUT2D eigenvalue weighted by atomic mass is 10.00. The molecule has 1 aromatic heterocycles. The molecule has 1 aliphatic heterocycles. The van der Waals surface area contributed by atoms with Gasteiger partial charge in [-0.25, -0.2) is 26.9 Å². The topological polar surface area (TPSA) is 85.6 Å². The first-order valence-electron chi connectivity index (χ1n) is 12.4. The van der Waals surface area contributed by atoms with Gasteiger partial charge < -0.3 is 24.5 Å². The fourth-order valence-corrected chi connectivity index (χ4v) is 4.80. The molecular weight excluding hydrogens is 608 g/mol. The number of nitrogens with one attached hydrogen (secondary N) is 1. The van der Waals surface area contributed by atoms with Crippen LogP contribution < -0.4 is 5.32 Å². The Labute approximate surface area is 245 Å². The van der Waals surface area contributed by atoms with Crippen LogP contribution >= 0.6 is 23.2 Å². The van der Waals surface area contributed by atoms with Gasteiger partial charge >= 0.3 is 0 Å². The zero-order valence-electron chi connectivity index (χ0n) is 21.3. The van der Waals surface area contributed by atoms with E-state index in [0.717, 1.165) is 5.56 Å². The molecule has 3 unspecified atom stereocenters. The van der Waals surface area contributed by atoms with E-state index in [9.17, 15) is 31.9 Å². The second-order valence-corrected chi connectivity index (χ2v) is 10.1. The lowest BCUT2D eigenvalue weighted by Crippen LogP contribution is -2.32. The molecule has 7 nitrogen and oxygen atoms in total. The molecule has 14 heteroatoms. The van der Waals surface area contributed by atoms with E-state index < -0.39 is 59.1 Å². The van der Waals surface area contributed by atoms with Crippen LogP contribution in [-0.4, -0.2) is 26.7 Å². The number of imidazole rings is 1. The van der Waals surface area contributed by atoms with Gasteiger partial charge in [-0.15, -0.1) is 0 Å². The molecular formula is C28H20Cl2F5N3O4. The summed E-state index contributed by atoms with van der Waals surface area (Å²) in [6.07, 6.45) is -0.154. The maximum atomic E-state index is 14.2. The summed E-state index contributed by atoms with van der Waals surface area (Å²) in [4.78, 5) is 16.6. The van der Waals surface area contributed by atoms with Crippen LogP contribution in [0.25, 0.3) is 0 Å². The summed E-state index contributed by atoms with van der Waals surface area (Å²) >= 11 is 12.2. The van der Waals surface area contributed by atoms with Crippen molar-refractivity contribution in [2.75, 3.05) is 5.32 Å². The number of carbonyl (C=O) groups excluding carboxylic acids is 1. The van der Waals surface area contributed by atoms with Crippen molar-refractivity contribution in [3.05, 3.63) is 117 Å². The number of hydrogen-bond acceptors (Lipinski definition) is 5. The number of ether oxygens (including phenoxy) is 2. The van der Waals surface area contributed by atoms with Crippen LogP contribution in [0.5, 0.6) is 0 Å². The number of aromatic nitrogens is 2. The summed E-state index contributed by atoms with van der Waals surface area (Å²) in [5, 5.41) is 11.9. The maximum absolute atomic E-state index is 14.2. The van der Waals surface area contributed by atoms with E-state index in [1.54, 1.807) is 34.9 Å². The van der Waals surface area contributed by atoms with Crippen LogP contribution in [0.1, 0.15) is 45.9 Å². The van der Waals surface area contributed by atoms with Gasteiger partial charge in [0.1, 0.15) is 10.7 Å². The van der Waals surface area contributed by atoms with Crippen molar-refractivity contribution in [3.63, 3.8) is 0 Å². The summed E-state index contributed by atoms with van der Waals surface area (Å²) in [7, 11) is 0. The first-order valence-corrected chi connectivity index (χ1v) is 13.1. The molecule has 220 valence electrons. The third kappa shape index (κ3) is 5.99. The van der Waals surface area contributed by atoms with Crippen molar-refractivity contribution in [2.45, 2.75) is 38.1 Å². The molecule has 4 aromatic rings. The molecule has 3 atom stereocenters. The van der Waals surface area contributed by atoms with Crippen LogP contribution in [0.3, 0.4) is 0 Å². The van der Waals surface area contributed by atoms with Gasteiger partial charge in [0.2, 0.25) is 5.82 Å². The molecule has 0 saturated carbocycles. The SMILES string of the molecule is O=C(Nc1cccc(C2OC(Cn3cnc(Cl)c3Cl)CC(c3ccc(CO)cc3)O2)c1)c1c(F)c(F)c(F)c(F)c1F. The molecule has 5 rings (SSSR count). The minimum absolute atomic E-state index is 0.0240. The Morgan fingerprint density at radius 2 is 1.62 bits per heavy atom. The van der Waals surface area contributed by atoms with Crippen molar-refractivity contribution in [1.29, 1.82) is 0 Å². The quantitative estimate of drug-likeness (QED) is 0.133. The second-order valence-electron chi connectivity index (χ2n) is 9.35. The summed E-state index contributed by atoms with van der Waals surface area (Å²) in [5.41, 5.74) is 0.224. The first-order chi connectivity index (χ1) is 20.1. The van der Waals surface area contributed by atoms with Gasteiger partial charge in [-0.3, -0.25) is 4.79 Å². The molecule has 1 saturated heterocycles. The van der Waals surface area contributed by atoms with Crippen molar-refractivity contribution >= 4 is 34.8 Å². The van der Waals surface area contributed by atoms with Gasteiger partial charge in [0.15, 0.2) is 34.7 Å². The predicted octanol–water partition coefficient (Wildman–Crippen LogP) is 6.88. The third-order valence-electron chi connectivity index (χ3n) is 6.60. The van der Waals surface area contributed by atoms with E-state index in [1.807, 2.05) is 0 Å². The molecule has 2 N–H and O–H groups in total. The summed E-state index contributed by atoms with van der Waals surface area (Å²) in [6.45, 7) is 0.115. The number of nitrogens with zero attached hydrogens (tertiary/aromatic N) is 2. The highest BCUT2D eigenvalue weighted by Crippen LogP contribution is 2.39. The Bertz CT molecular complexity index is 1610. The summed E-state index contributed by atoms with van der Waals surface area (Å²) in [6, 6.07) is 12.9. The summed E-state index contributed by atoms with van der Waals surface area (Å²) < 4.78 is 83.0. The van der Waals surface area contributed by atoms with Crippen molar-refractivity contribution in [2.24, 2.45) is 0 Å². The van der Waals surface area contributed by atoms with E-state index in [1.165, 1.54) is 24.5 Å². The second kappa shape index (κ2) is 12.4. The summed E-state index contributed by atoms with van der Waals surface area (Å²) in [5.74, 6) is -12.9. The Hall–Kier alpha value is -3.55.